The summed E-state index contributed by atoms with van der Waals surface area (Å²) < 4.78 is 0. The number of piperidine rings is 1. The molecule has 2 amide bonds. The number of amides is 2. The fourth-order valence-corrected chi connectivity index (χ4v) is 2.02. The third kappa shape index (κ3) is 3.48. The first-order chi connectivity index (χ1) is 7.54. The van der Waals surface area contributed by atoms with E-state index in [9.17, 15) is 9.59 Å². The number of nitrogens with two attached hydrogens (primary N) is 1. The fraction of sp³-hybridized carbons (Fsp3) is 0.818. The van der Waals surface area contributed by atoms with Gasteiger partial charge in [-0.2, -0.15) is 0 Å². The molecule has 1 saturated heterocycles. The lowest BCUT2D eigenvalue weighted by molar-refractivity contribution is -0.136. The van der Waals surface area contributed by atoms with Gasteiger partial charge in [0.05, 0.1) is 6.54 Å². The average molecular weight is 227 g/mol. The van der Waals surface area contributed by atoms with Crippen LogP contribution in [0, 0.1) is 5.92 Å². The number of nitrogens with zero attached hydrogens (tertiary/aromatic N) is 1. The molecule has 2 unspecified atom stereocenters. The number of carbonyl (C=O) groups excluding carboxylic acids is 2. The maximum absolute atomic E-state index is 11.8. The van der Waals surface area contributed by atoms with Gasteiger partial charge in [0.25, 0.3) is 0 Å². The standard InChI is InChI=1S/C11H21N3O2/c1-8-3-4-10(5-12)7-14(8)11(16)6-13-9(2)15/h8,10H,3-7,12H2,1-2H3,(H,13,15). The zero-order valence-electron chi connectivity index (χ0n) is 10.0. The summed E-state index contributed by atoms with van der Waals surface area (Å²) >= 11 is 0. The first-order valence-corrected chi connectivity index (χ1v) is 5.78. The molecule has 1 heterocycles. The first kappa shape index (κ1) is 13.0. The maximum Gasteiger partial charge on any atom is 0.242 e. The molecular weight excluding hydrogens is 206 g/mol. The fourth-order valence-electron chi connectivity index (χ4n) is 2.02. The summed E-state index contributed by atoms with van der Waals surface area (Å²) in [6, 6.07) is 0.254. The minimum atomic E-state index is -0.173. The van der Waals surface area contributed by atoms with Crippen LogP contribution in [0.1, 0.15) is 26.7 Å². The molecule has 0 aromatic rings. The van der Waals surface area contributed by atoms with Crippen LogP contribution in [0.5, 0.6) is 0 Å². The van der Waals surface area contributed by atoms with Crippen molar-refractivity contribution in [3.8, 4) is 0 Å². The Balaban J connectivity index is 2.48. The van der Waals surface area contributed by atoms with Crippen LogP contribution in [0.2, 0.25) is 0 Å². The number of hydrogen-bond acceptors (Lipinski definition) is 3. The maximum atomic E-state index is 11.8. The van der Waals surface area contributed by atoms with E-state index < -0.39 is 0 Å². The van der Waals surface area contributed by atoms with E-state index in [1.807, 2.05) is 11.8 Å². The molecule has 0 spiro atoms. The van der Waals surface area contributed by atoms with Crippen molar-refractivity contribution in [2.45, 2.75) is 32.7 Å². The lowest BCUT2D eigenvalue weighted by Crippen LogP contribution is -2.50. The van der Waals surface area contributed by atoms with E-state index in [1.165, 1.54) is 6.92 Å². The minimum absolute atomic E-state index is 0.0131. The highest BCUT2D eigenvalue weighted by molar-refractivity contribution is 5.83. The molecule has 1 aliphatic rings. The highest BCUT2D eigenvalue weighted by atomic mass is 16.2. The van der Waals surface area contributed by atoms with Gasteiger partial charge in [-0.25, -0.2) is 0 Å². The Hall–Kier alpha value is -1.10. The Bertz CT molecular complexity index is 268. The lowest BCUT2D eigenvalue weighted by Gasteiger charge is -2.37. The van der Waals surface area contributed by atoms with Crippen molar-refractivity contribution >= 4 is 11.8 Å². The van der Waals surface area contributed by atoms with Crippen molar-refractivity contribution in [1.29, 1.82) is 0 Å². The van der Waals surface area contributed by atoms with Crippen LogP contribution >= 0.6 is 0 Å². The van der Waals surface area contributed by atoms with Crippen LogP contribution in [0.3, 0.4) is 0 Å². The summed E-state index contributed by atoms with van der Waals surface area (Å²) in [4.78, 5) is 24.4. The molecule has 5 nitrogen and oxygen atoms in total. The van der Waals surface area contributed by atoms with Crippen LogP contribution < -0.4 is 11.1 Å². The Morgan fingerprint density at radius 1 is 1.44 bits per heavy atom. The first-order valence-electron chi connectivity index (χ1n) is 5.78. The third-order valence-electron chi connectivity index (χ3n) is 3.12. The van der Waals surface area contributed by atoms with Gasteiger partial charge in [-0.1, -0.05) is 0 Å². The summed E-state index contributed by atoms with van der Waals surface area (Å²) in [7, 11) is 0. The van der Waals surface area contributed by atoms with Crippen molar-refractivity contribution < 1.29 is 9.59 Å². The Morgan fingerprint density at radius 3 is 2.69 bits per heavy atom. The van der Waals surface area contributed by atoms with Crippen molar-refractivity contribution in [3.05, 3.63) is 0 Å². The molecule has 1 fully saturated rings. The second kappa shape index (κ2) is 5.84. The van der Waals surface area contributed by atoms with Gasteiger partial charge in [0, 0.05) is 19.5 Å². The van der Waals surface area contributed by atoms with Gasteiger partial charge < -0.3 is 16.0 Å². The summed E-state index contributed by atoms with van der Waals surface area (Å²) in [5.74, 6) is 0.215. The van der Waals surface area contributed by atoms with Gasteiger partial charge in [0.15, 0.2) is 0 Å². The number of nitrogens with one attached hydrogen (secondary N) is 1. The van der Waals surface area contributed by atoms with Crippen molar-refractivity contribution in [2.75, 3.05) is 19.6 Å². The highest BCUT2D eigenvalue weighted by Crippen LogP contribution is 2.20. The molecule has 0 aliphatic carbocycles. The molecule has 3 N–H and O–H groups in total. The van der Waals surface area contributed by atoms with Crippen LogP contribution in [-0.4, -0.2) is 42.4 Å². The molecular formula is C11H21N3O2. The molecule has 5 heteroatoms. The average Bonchev–Trinajstić information content (AvgIpc) is 2.26. The van der Waals surface area contributed by atoms with Gasteiger partial charge >= 0.3 is 0 Å². The van der Waals surface area contributed by atoms with Crippen LogP contribution in [0.4, 0.5) is 0 Å². The van der Waals surface area contributed by atoms with E-state index in [2.05, 4.69) is 5.32 Å². The smallest absolute Gasteiger partial charge is 0.242 e. The normalized spacial score (nSPS) is 25.3. The van der Waals surface area contributed by atoms with Gasteiger partial charge in [-0.3, -0.25) is 9.59 Å². The highest BCUT2D eigenvalue weighted by Gasteiger charge is 2.27. The molecule has 1 aliphatic heterocycles. The van der Waals surface area contributed by atoms with E-state index in [1.54, 1.807) is 0 Å². The molecule has 0 saturated carbocycles. The Labute approximate surface area is 96.4 Å². The van der Waals surface area contributed by atoms with E-state index in [0.29, 0.717) is 12.5 Å². The quantitative estimate of drug-likeness (QED) is 0.695. The lowest BCUT2D eigenvalue weighted by atomic mass is 9.93. The Morgan fingerprint density at radius 2 is 2.12 bits per heavy atom. The second-order valence-electron chi connectivity index (χ2n) is 4.48. The number of carbonyl (C=O) groups is 2. The largest absolute Gasteiger partial charge is 0.347 e. The predicted octanol–water partition coefficient (Wildman–Crippen LogP) is -0.292. The summed E-state index contributed by atoms with van der Waals surface area (Å²) in [6.45, 7) is 4.89. The number of rotatable bonds is 3. The van der Waals surface area contributed by atoms with E-state index in [4.69, 9.17) is 5.73 Å². The van der Waals surface area contributed by atoms with Gasteiger partial charge in [0.2, 0.25) is 11.8 Å². The van der Waals surface area contributed by atoms with Gasteiger partial charge in [-0.15, -0.1) is 0 Å². The van der Waals surface area contributed by atoms with Gasteiger partial charge in [0.1, 0.15) is 0 Å². The Kier molecular flexibility index (Phi) is 4.73. The molecule has 0 aromatic heterocycles. The minimum Gasteiger partial charge on any atom is -0.347 e. The van der Waals surface area contributed by atoms with Crippen LogP contribution in [0.15, 0.2) is 0 Å². The van der Waals surface area contributed by atoms with E-state index in [-0.39, 0.29) is 24.4 Å². The van der Waals surface area contributed by atoms with E-state index >= 15 is 0 Å². The molecule has 2 atom stereocenters. The molecule has 16 heavy (non-hydrogen) atoms. The van der Waals surface area contributed by atoms with Crippen molar-refractivity contribution in [1.82, 2.24) is 10.2 Å². The topological polar surface area (TPSA) is 75.4 Å². The monoisotopic (exact) mass is 227 g/mol. The third-order valence-corrected chi connectivity index (χ3v) is 3.12. The summed E-state index contributed by atoms with van der Waals surface area (Å²) in [6.07, 6.45) is 2.08. The summed E-state index contributed by atoms with van der Waals surface area (Å²) in [5, 5.41) is 2.53. The zero-order valence-corrected chi connectivity index (χ0v) is 10.0. The zero-order chi connectivity index (χ0) is 12.1. The van der Waals surface area contributed by atoms with Crippen molar-refractivity contribution in [2.24, 2.45) is 11.7 Å². The molecule has 1 rings (SSSR count). The summed E-state index contributed by atoms with van der Waals surface area (Å²) in [5.41, 5.74) is 5.63. The molecule has 92 valence electrons. The number of hydrogen-bond donors (Lipinski definition) is 2. The molecule has 0 aromatic carbocycles. The molecule has 0 bridgehead atoms. The van der Waals surface area contributed by atoms with Crippen LogP contribution in [0.25, 0.3) is 0 Å². The van der Waals surface area contributed by atoms with Crippen LogP contribution in [-0.2, 0) is 9.59 Å². The predicted molar refractivity (Wildman–Crippen MR) is 61.6 cm³/mol. The van der Waals surface area contributed by atoms with E-state index in [0.717, 1.165) is 19.4 Å². The van der Waals surface area contributed by atoms with Crippen molar-refractivity contribution in [3.63, 3.8) is 0 Å². The number of likely N-dealkylation sites (tertiary alicyclic amines) is 1. The second-order valence-corrected chi connectivity index (χ2v) is 4.48. The SMILES string of the molecule is CC(=O)NCC(=O)N1CC(CN)CCC1C. The van der Waals surface area contributed by atoms with Gasteiger partial charge in [-0.05, 0) is 32.2 Å². The molecule has 0 radical (unpaired) electrons.